The lowest BCUT2D eigenvalue weighted by Crippen LogP contribution is -2.54. The van der Waals surface area contributed by atoms with E-state index in [0.717, 1.165) is 0 Å². The number of carbonyl (C=O) groups excluding carboxylic acids is 1. The second-order valence-corrected chi connectivity index (χ2v) is 11.3. The number of rotatable bonds is 9. The molecule has 9 nitrogen and oxygen atoms in total. The number of sulfonamides is 1. The third-order valence-electron chi connectivity index (χ3n) is 7.28. The minimum absolute atomic E-state index is 0.0213. The van der Waals surface area contributed by atoms with Crippen molar-refractivity contribution in [3.8, 4) is 23.0 Å². The van der Waals surface area contributed by atoms with Gasteiger partial charge in [-0.2, -0.15) is 4.31 Å². The van der Waals surface area contributed by atoms with Gasteiger partial charge in [0, 0.05) is 18.7 Å². The summed E-state index contributed by atoms with van der Waals surface area (Å²) in [4.78, 5) is 14.4. The van der Waals surface area contributed by atoms with E-state index in [0.29, 0.717) is 28.4 Å². The van der Waals surface area contributed by atoms with E-state index in [2.05, 4.69) is 0 Å². The van der Waals surface area contributed by atoms with Gasteiger partial charge in [-0.05, 0) is 61.4 Å². The summed E-state index contributed by atoms with van der Waals surface area (Å²) in [5, 5.41) is 12.3. The van der Waals surface area contributed by atoms with Crippen LogP contribution in [0.3, 0.4) is 0 Å². The zero-order chi connectivity index (χ0) is 28.4. The first-order chi connectivity index (χ1) is 18.6. The van der Waals surface area contributed by atoms with E-state index in [4.69, 9.17) is 18.9 Å². The Labute approximate surface area is 228 Å². The lowest BCUT2D eigenvalue weighted by Gasteiger charge is -2.44. The van der Waals surface area contributed by atoms with Gasteiger partial charge in [-0.1, -0.05) is 18.2 Å². The molecule has 10 heteroatoms. The second kappa shape index (κ2) is 11.3. The van der Waals surface area contributed by atoms with Gasteiger partial charge in [0.25, 0.3) is 0 Å². The van der Waals surface area contributed by atoms with E-state index in [1.807, 2.05) is 0 Å². The Kier molecular flexibility index (Phi) is 8.20. The minimum atomic E-state index is -3.97. The molecule has 1 fully saturated rings. The number of nitrogens with zero attached hydrogens (tertiary/aromatic N) is 1. The Hall–Kier alpha value is -3.60. The van der Waals surface area contributed by atoms with Crippen LogP contribution in [0.2, 0.25) is 0 Å². The summed E-state index contributed by atoms with van der Waals surface area (Å²) in [6, 6.07) is 16.4. The highest BCUT2D eigenvalue weighted by Gasteiger charge is 2.51. The number of Topliss-reactive ketones (excluding diaryl/α,β-unsaturated/α-hetero) is 1. The summed E-state index contributed by atoms with van der Waals surface area (Å²) in [6.45, 7) is 1.43. The van der Waals surface area contributed by atoms with Crippen LogP contribution in [0.5, 0.6) is 23.0 Å². The van der Waals surface area contributed by atoms with Crippen molar-refractivity contribution in [1.82, 2.24) is 4.31 Å². The molecule has 2 atom stereocenters. The van der Waals surface area contributed by atoms with Gasteiger partial charge in [0.05, 0.1) is 44.8 Å². The van der Waals surface area contributed by atoms with Gasteiger partial charge in [0.1, 0.15) is 28.6 Å². The van der Waals surface area contributed by atoms with Gasteiger partial charge in [-0.3, -0.25) is 4.79 Å². The molecular weight excluding hydrogens is 522 g/mol. The maximum atomic E-state index is 14.3. The maximum absolute atomic E-state index is 14.3. The fraction of sp³-hybridized carbons (Fsp3) is 0.345. The number of aryl methyl sites for hydroxylation is 1. The van der Waals surface area contributed by atoms with Crippen LogP contribution in [0.25, 0.3) is 0 Å². The van der Waals surface area contributed by atoms with Crippen molar-refractivity contribution in [3.63, 3.8) is 0 Å². The lowest BCUT2D eigenvalue weighted by molar-refractivity contribution is -0.0511. The topological polar surface area (TPSA) is 112 Å². The molecule has 1 saturated heterocycles. The normalized spacial score (nSPS) is 19.8. The van der Waals surface area contributed by atoms with Crippen LogP contribution >= 0.6 is 0 Å². The third-order valence-corrected chi connectivity index (χ3v) is 9.30. The molecule has 1 aliphatic rings. The van der Waals surface area contributed by atoms with Crippen LogP contribution in [0.1, 0.15) is 27.9 Å². The fourth-order valence-corrected chi connectivity index (χ4v) is 6.77. The van der Waals surface area contributed by atoms with Crippen molar-refractivity contribution in [2.45, 2.75) is 23.8 Å². The predicted octanol–water partition coefficient (Wildman–Crippen LogP) is 3.81. The van der Waals surface area contributed by atoms with Gasteiger partial charge >= 0.3 is 0 Å². The number of ether oxygens (including phenoxy) is 4. The van der Waals surface area contributed by atoms with Gasteiger partial charge in [0.2, 0.25) is 10.0 Å². The summed E-state index contributed by atoms with van der Waals surface area (Å²) >= 11 is 0. The Balaban J connectivity index is 1.88. The molecule has 1 unspecified atom stereocenters. The molecule has 0 radical (unpaired) electrons. The van der Waals surface area contributed by atoms with Crippen LogP contribution in [0.4, 0.5) is 0 Å². The van der Waals surface area contributed by atoms with E-state index in [1.54, 1.807) is 61.5 Å². The first-order valence-corrected chi connectivity index (χ1v) is 13.8. The van der Waals surface area contributed by atoms with Crippen LogP contribution in [-0.2, 0) is 15.6 Å². The molecule has 0 aromatic heterocycles. The van der Waals surface area contributed by atoms with Gasteiger partial charge in [0.15, 0.2) is 5.78 Å². The Morgan fingerprint density at radius 1 is 0.897 bits per heavy atom. The Bertz CT molecular complexity index is 1470. The van der Waals surface area contributed by atoms with E-state index in [9.17, 15) is 18.3 Å². The summed E-state index contributed by atoms with van der Waals surface area (Å²) < 4.78 is 50.5. The maximum Gasteiger partial charge on any atom is 0.243 e. The molecule has 0 aliphatic carbocycles. The molecular formula is C29H33NO8S. The van der Waals surface area contributed by atoms with Crippen molar-refractivity contribution >= 4 is 15.8 Å². The monoisotopic (exact) mass is 555 g/mol. The molecule has 0 spiro atoms. The highest BCUT2D eigenvalue weighted by Crippen LogP contribution is 2.46. The molecule has 208 valence electrons. The number of carbonyl (C=O) groups is 1. The number of hydrogen-bond donors (Lipinski definition) is 1. The zero-order valence-corrected chi connectivity index (χ0v) is 23.4. The van der Waals surface area contributed by atoms with Crippen molar-refractivity contribution in [3.05, 3.63) is 77.4 Å². The summed E-state index contributed by atoms with van der Waals surface area (Å²) in [7, 11) is 1.90. The highest BCUT2D eigenvalue weighted by molar-refractivity contribution is 7.89. The van der Waals surface area contributed by atoms with Crippen molar-refractivity contribution in [2.75, 3.05) is 41.5 Å². The van der Waals surface area contributed by atoms with Gasteiger partial charge < -0.3 is 24.1 Å². The Morgan fingerprint density at radius 2 is 1.51 bits per heavy atom. The summed E-state index contributed by atoms with van der Waals surface area (Å²) in [6.07, 6.45) is -0.0651. The SMILES string of the molecule is COc1ccc(OC)c(C(=O)C2CN(S(=O)(=O)c3ccccc3C)CC[C@@]2(O)c2cc(OC)ccc2OC)c1. The number of piperidine rings is 1. The number of hydrogen-bond acceptors (Lipinski definition) is 8. The van der Waals surface area contributed by atoms with Gasteiger partial charge in [-0.15, -0.1) is 0 Å². The smallest absolute Gasteiger partial charge is 0.243 e. The quantitative estimate of drug-likeness (QED) is 0.397. The van der Waals surface area contributed by atoms with Crippen molar-refractivity contribution < 1.29 is 37.3 Å². The summed E-state index contributed by atoms with van der Waals surface area (Å²) in [5.41, 5.74) is -0.706. The highest BCUT2D eigenvalue weighted by atomic mass is 32.2. The molecule has 0 amide bonds. The van der Waals surface area contributed by atoms with E-state index in [1.165, 1.54) is 38.8 Å². The average molecular weight is 556 g/mol. The predicted molar refractivity (Wildman–Crippen MR) is 145 cm³/mol. The van der Waals surface area contributed by atoms with Crippen LogP contribution < -0.4 is 18.9 Å². The first kappa shape index (κ1) is 28.4. The zero-order valence-electron chi connectivity index (χ0n) is 22.6. The summed E-state index contributed by atoms with van der Waals surface area (Å²) in [5.74, 6) is -0.209. The van der Waals surface area contributed by atoms with E-state index in [-0.39, 0.29) is 35.7 Å². The van der Waals surface area contributed by atoms with E-state index < -0.39 is 27.3 Å². The largest absolute Gasteiger partial charge is 0.497 e. The number of methoxy groups -OCH3 is 4. The molecule has 1 aliphatic heterocycles. The molecule has 3 aromatic carbocycles. The second-order valence-electron chi connectivity index (χ2n) is 9.35. The van der Waals surface area contributed by atoms with Crippen molar-refractivity contribution in [1.29, 1.82) is 0 Å². The Morgan fingerprint density at radius 3 is 2.13 bits per heavy atom. The molecule has 0 bridgehead atoms. The number of aliphatic hydroxyl groups is 1. The third kappa shape index (κ3) is 5.19. The van der Waals surface area contributed by atoms with Crippen LogP contribution in [0, 0.1) is 12.8 Å². The van der Waals surface area contributed by atoms with Crippen molar-refractivity contribution in [2.24, 2.45) is 5.92 Å². The number of benzene rings is 3. The fourth-order valence-electron chi connectivity index (χ4n) is 5.09. The molecule has 39 heavy (non-hydrogen) atoms. The average Bonchev–Trinajstić information content (AvgIpc) is 2.96. The molecule has 3 aromatic rings. The van der Waals surface area contributed by atoms with Gasteiger partial charge in [-0.25, -0.2) is 8.42 Å². The van der Waals surface area contributed by atoms with Crippen LogP contribution in [-0.4, -0.2) is 65.1 Å². The van der Waals surface area contributed by atoms with Crippen LogP contribution in [0.15, 0.2) is 65.6 Å². The molecule has 0 saturated carbocycles. The standard InChI is InChI=1S/C29H33NO8S/c1-19-8-6-7-9-27(19)39(33,34)30-15-14-29(32,23-17-21(36-3)11-13-26(23)38-5)24(18-30)28(31)22-16-20(35-2)10-12-25(22)37-4/h6-13,16-17,24,32H,14-15,18H2,1-5H3/t24?,29-/m1/s1. The lowest BCUT2D eigenvalue weighted by atomic mass is 9.72. The first-order valence-electron chi connectivity index (χ1n) is 12.4. The molecule has 1 heterocycles. The number of ketones is 1. The van der Waals surface area contributed by atoms with E-state index >= 15 is 0 Å². The molecule has 4 rings (SSSR count). The molecule has 1 N–H and O–H groups in total. The minimum Gasteiger partial charge on any atom is -0.497 e.